The summed E-state index contributed by atoms with van der Waals surface area (Å²) in [6.45, 7) is 3.23. The molecule has 3 heteroatoms. The maximum absolute atomic E-state index is 5.45. The molecule has 1 aliphatic heterocycles. The van der Waals surface area contributed by atoms with E-state index < -0.39 is 0 Å². The summed E-state index contributed by atoms with van der Waals surface area (Å²) in [4.78, 5) is 2.50. The van der Waals surface area contributed by atoms with Gasteiger partial charge in [-0.05, 0) is 55.1 Å². The molecule has 1 aliphatic rings. The Kier molecular flexibility index (Phi) is 4.04. The molecule has 1 saturated heterocycles. The average molecular weight is 320 g/mol. The van der Waals surface area contributed by atoms with Gasteiger partial charge in [0.2, 0.25) is 0 Å². The van der Waals surface area contributed by atoms with Gasteiger partial charge in [-0.3, -0.25) is 4.90 Å². The molecule has 0 aliphatic carbocycles. The first kappa shape index (κ1) is 12.9. The van der Waals surface area contributed by atoms with Crippen molar-refractivity contribution in [2.45, 2.75) is 25.3 Å². The summed E-state index contributed by atoms with van der Waals surface area (Å²) in [5, 5.41) is 0. The molecule has 1 aromatic heterocycles. The molecule has 0 amide bonds. The fourth-order valence-corrected chi connectivity index (χ4v) is 3.09. The van der Waals surface area contributed by atoms with Gasteiger partial charge in [0.05, 0.1) is 12.8 Å². The highest BCUT2D eigenvalue weighted by atomic mass is 79.9. The van der Waals surface area contributed by atoms with E-state index in [1.54, 1.807) is 6.26 Å². The third-order valence-electron chi connectivity index (χ3n) is 3.81. The van der Waals surface area contributed by atoms with Gasteiger partial charge in [0.1, 0.15) is 5.76 Å². The van der Waals surface area contributed by atoms with Gasteiger partial charge in [-0.15, -0.1) is 0 Å². The van der Waals surface area contributed by atoms with Crippen LogP contribution in [0.4, 0.5) is 0 Å². The zero-order chi connectivity index (χ0) is 13.1. The van der Waals surface area contributed by atoms with Crippen molar-refractivity contribution in [3.8, 4) is 0 Å². The zero-order valence-electron chi connectivity index (χ0n) is 10.9. The van der Waals surface area contributed by atoms with E-state index in [9.17, 15) is 0 Å². The lowest BCUT2D eigenvalue weighted by molar-refractivity contribution is 0.187. The van der Waals surface area contributed by atoms with Crippen LogP contribution in [0.5, 0.6) is 0 Å². The van der Waals surface area contributed by atoms with E-state index in [1.807, 2.05) is 6.07 Å². The monoisotopic (exact) mass is 319 g/mol. The van der Waals surface area contributed by atoms with Crippen LogP contribution in [0.1, 0.15) is 30.1 Å². The highest BCUT2D eigenvalue weighted by molar-refractivity contribution is 9.10. The Balaban J connectivity index is 1.66. The van der Waals surface area contributed by atoms with Crippen LogP contribution in [0.2, 0.25) is 0 Å². The van der Waals surface area contributed by atoms with Crippen molar-refractivity contribution >= 4 is 15.9 Å². The van der Waals surface area contributed by atoms with Crippen molar-refractivity contribution in [3.63, 3.8) is 0 Å². The minimum atomic E-state index is 0.650. The molecule has 0 spiro atoms. The number of hydrogen-bond donors (Lipinski definition) is 0. The summed E-state index contributed by atoms with van der Waals surface area (Å²) >= 11 is 3.50. The van der Waals surface area contributed by atoms with E-state index >= 15 is 0 Å². The van der Waals surface area contributed by atoms with Crippen molar-refractivity contribution in [3.05, 3.63) is 58.5 Å². The quantitative estimate of drug-likeness (QED) is 0.832. The lowest BCUT2D eigenvalue weighted by Gasteiger charge is -2.32. The second kappa shape index (κ2) is 5.93. The molecule has 3 rings (SSSR count). The maximum Gasteiger partial charge on any atom is 0.117 e. The summed E-state index contributed by atoms with van der Waals surface area (Å²) in [6.07, 6.45) is 4.31. The lowest BCUT2D eigenvalue weighted by Crippen LogP contribution is -2.33. The second-order valence-corrected chi connectivity index (χ2v) is 6.12. The zero-order valence-corrected chi connectivity index (χ0v) is 12.5. The van der Waals surface area contributed by atoms with Crippen molar-refractivity contribution in [2.24, 2.45) is 0 Å². The molecule has 0 radical (unpaired) electrons. The van der Waals surface area contributed by atoms with E-state index in [2.05, 4.69) is 51.2 Å². The number of hydrogen-bond acceptors (Lipinski definition) is 2. The van der Waals surface area contributed by atoms with Crippen molar-refractivity contribution in [1.82, 2.24) is 4.90 Å². The molecule has 1 aromatic carbocycles. The molecule has 0 N–H and O–H groups in total. The van der Waals surface area contributed by atoms with E-state index in [1.165, 1.54) is 24.9 Å². The first-order valence-electron chi connectivity index (χ1n) is 6.81. The number of nitrogens with zero attached hydrogens (tertiary/aromatic N) is 1. The predicted octanol–water partition coefficient (Wildman–Crippen LogP) is 4.42. The van der Waals surface area contributed by atoms with E-state index in [4.69, 9.17) is 4.42 Å². The van der Waals surface area contributed by atoms with Crippen molar-refractivity contribution in [1.29, 1.82) is 0 Å². The average Bonchev–Trinajstić information content (AvgIpc) is 2.93. The van der Waals surface area contributed by atoms with Crippen LogP contribution >= 0.6 is 15.9 Å². The summed E-state index contributed by atoms with van der Waals surface area (Å²) < 4.78 is 6.60. The van der Waals surface area contributed by atoms with Crippen molar-refractivity contribution in [2.75, 3.05) is 13.1 Å². The van der Waals surface area contributed by atoms with Crippen LogP contribution in [-0.2, 0) is 6.54 Å². The fourth-order valence-electron chi connectivity index (χ4n) is 2.83. The van der Waals surface area contributed by atoms with Crippen LogP contribution in [0.15, 0.2) is 51.6 Å². The molecule has 19 heavy (non-hydrogen) atoms. The SMILES string of the molecule is Brc1ccc(C2CCCN(Cc3ccco3)C2)cc1. The first-order valence-corrected chi connectivity index (χ1v) is 7.61. The van der Waals surface area contributed by atoms with Gasteiger partial charge < -0.3 is 4.42 Å². The van der Waals surface area contributed by atoms with E-state index in [-0.39, 0.29) is 0 Å². The molecule has 1 unspecified atom stereocenters. The number of piperidine rings is 1. The molecule has 1 atom stereocenters. The number of likely N-dealkylation sites (tertiary alicyclic amines) is 1. The number of furan rings is 1. The Bertz CT molecular complexity index is 506. The normalized spacial score (nSPS) is 20.6. The van der Waals surface area contributed by atoms with Crippen LogP contribution in [-0.4, -0.2) is 18.0 Å². The summed E-state index contributed by atoms with van der Waals surface area (Å²) in [7, 11) is 0. The second-order valence-electron chi connectivity index (χ2n) is 5.21. The van der Waals surface area contributed by atoms with Crippen LogP contribution in [0, 0.1) is 0 Å². The maximum atomic E-state index is 5.45. The number of rotatable bonds is 3. The van der Waals surface area contributed by atoms with Gasteiger partial charge in [-0.1, -0.05) is 28.1 Å². The highest BCUT2D eigenvalue weighted by Crippen LogP contribution is 2.28. The molecule has 1 fully saturated rings. The van der Waals surface area contributed by atoms with Gasteiger partial charge in [0, 0.05) is 11.0 Å². The standard InChI is InChI=1S/C16H18BrNO/c17-15-7-5-13(6-8-15)14-3-1-9-18(11-14)12-16-4-2-10-19-16/h2,4-8,10,14H,1,3,9,11-12H2. The van der Waals surface area contributed by atoms with Gasteiger partial charge >= 0.3 is 0 Å². The van der Waals surface area contributed by atoms with Gasteiger partial charge in [-0.2, -0.15) is 0 Å². The Hall–Kier alpha value is -1.06. The minimum Gasteiger partial charge on any atom is -0.468 e. The molecule has 2 nitrogen and oxygen atoms in total. The van der Waals surface area contributed by atoms with Gasteiger partial charge in [-0.25, -0.2) is 0 Å². The molecular formula is C16H18BrNO. The van der Waals surface area contributed by atoms with Gasteiger partial charge in [0.15, 0.2) is 0 Å². The summed E-state index contributed by atoms with van der Waals surface area (Å²) in [6, 6.07) is 12.8. The largest absolute Gasteiger partial charge is 0.468 e. The van der Waals surface area contributed by atoms with Crippen LogP contribution in [0.25, 0.3) is 0 Å². The minimum absolute atomic E-state index is 0.650. The summed E-state index contributed by atoms with van der Waals surface area (Å²) in [5.74, 6) is 1.72. The molecule has 100 valence electrons. The molecule has 2 aromatic rings. The molecular weight excluding hydrogens is 302 g/mol. The predicted molar refractivity (Wildman–Crippen MR) is 80.1 cm³/mol. The Morgan fingerprint density at radius 3 is 2.79 bits per heavy atom. The topological polar surface area (TPSA) is 16.4 Å². The van der Waals surface area contributed by atoms with Gasteiger partial charge in [0.25, 0.3) is 0 Å². The number of benzene rings is 1. The smallest absolute Gasteiger partial charge is 0.117 e. The summed E-state index contributed by atoms with van der Waals surface area (Å²) in [5.41, 5.74) is 1.45. The molecule has 2 heterocycles. The highest BCUT2D eigenvalue weighted by Gasteiger charge is 2.21. The third kappa shape index (κ3) is 3.28. The van der Waals surface area contributed by atoms with E-state index in [0.717, 1.165) is 23.3 Å². The Morgan fingerprint density at radius 1 is 1.21 bits per heavy atom. The molecule has 0 bridgehead atoms. The van der Waals surface area contributed by atoms with Crippen LogP contribution in [0.3, 0.4) is 0 Å². The lowest BCUT2D eigenvalue weighted by atomic mass is 9.90. The van der Waals surface area contributed by atoms with Crippen LogP contribution < -0.4 is 0 Å². The Labute approximate surface area is 122 Å². The molecule has 0 saturated carbocycles. The third-order valence-corrected chi connectivity index (χ3v) is 4.34. The van der Waals surface area contributed by atoms with Crippen molar-refractivity contribution < 1.29 is 4.42 Å². The Morgan fingerprint density at radius 2 is 2.05 bits per heavy atom. The first-order chi connectivity index (χ1) is 9.31. The number of halogens is 1. The fraction of sp³-hybridized carbons (Fsp3) is 0.375. The van der Waals surface area contributed by atoms with E-state index in [0.29, 0.717) is 5.92 Å².